The van der Waals surface area contributed by atoms with Gasteiger partial charge in [0, 0.05) is 17.5 Å². The predicted molar refractivity (Wildman–Crippen MR) is 101 cm³/mol. The molecule has 7 heteroatoms. The van der Waals surface area contributed by atoms with Gasteiger partial charge < -0.3 is 5.32 Å². The Bertz CT molecular complexity index is 797. The highest BCUT2D eigenvalue weighted by atomic mass is 32.1. The Morgan fingerprint density at radius 2 is 1.92 bits per heavy atom. The lowest BCUT2D eigenvalue weighted by Crippen LogP contribution is -2.07. The highest BCUT2D eigenvalue weighted by molar-refractivity contribution is 7.19. The highest BCUT2D eigenvalue weighted by Crippen LogP contribution is 2.20. The van der Waals surface area contributed by atoms with Gasteiger partial charge in [-0.15, -0.1) is 21.5 Å². The van der Waals surface area contributed by atoms with Crippen LogP contribution in [0.4, 0.5) is 10.3 Å². The fourth-order valence-corrected chi connectivity index (χ4v) is 3.36. The maximum Gasteiger partial charge on any atom is 0.250 e. The third-order valence-corrected chi connectivity index (χ3v) is 4.84. The van der Waals surface area contributed by atoms with Crippen LogP contribution < -0.4 is 10.6 Å². The summed E-state index contributed by atoms with van der Waals surface area (Å²) in [6, 6.07) is 13.8. The van der Waals surface area contributed by atoms with E-state index in [0.717, 1.165) is 18.5 Å². The number of thiophene rings is 1. The summed E-state index contributed by atoms with van der Waals surface area (Å²) in [5.41, 5.74) is 0.973. The van der Waals surface area contributed by atoms with Crippen LogP contribution in [0.1, 0.15) is 10.4 Å². The quantitative estimate of drug-likeness (QED) is 0.630. The number of benzene rings is 1. The van der Waals surface area contributed by atoms with Gasteiger partial charge in [0.1, 0.15) is 0 Å². The first-order chi connectivity index (χ1) is 11.8. The molecule has 0 atom stereocenters. The molecule has 0 radical (unpaired) electrons. The summed E-state index contributed by atoms with van der Waals surface area (Å²) < 4.78 is 0. The largest absolute Gasteiger partial charge is 0.360 e. The van der Waals surface area contributed by atoms with E-state index in [2.05, 4.69) is 32.3 Å². The van der Waals surface area contributed by atoms with E-state index in [1.807, 2.05) is 36.4 Å². The number of carbonyl (C=O) groups excluding carboxylic acids is 1. The number of carbonyl (C=O) groups is 1. The van der Waals surface area contributed by atoms with Gasteiger partial charge in [0.05, 0.1) is 0 Å². The second-order valence-corrected chi connectivity index (χ2v) is 6.91. The van der Waals surface area contributed by atoms with Crippen molar-refractivity contribution in [3.63, 3.8) is 0 Å². The lowest BCUT2D eigenvalue weighted by molar-refractivity contribution is -0.111. The number of aromatic nitrogens is 2. The minimum atomic E-state index is -0.222. The fraction of sp³-hybridized carbons (Fsp3) is 0.118. The molecule has 0 saturated carbocycles. The molecule has 0 aliphatic heterocycles. The minimum Gasteiger partial charge on any atom is -0.360 e. The second-order valence-electron chi connectivity index (χ2n) is 4.90. The smallest absolute Gasteiger partial charge is 0.250 e. The van der Waals surface area contributed by atoms with Crippen LogP contribution in [-0.2, 0) is 11.2 Å². The molecule has 1 amide bonds. The third-order valence-electron chi connectivity index (χ3n) is 3.11. The molecular formula is C17H16N4OS2. The van der Waals surface area contributed by atoms with Crippen molar-refractivity contribution in [3.05, 3.63) is 64.4 Å². The number of amides is 1. The number of hydrogen-bond donors (Lipinski definition) is 2. The van der Waals surface area contributed by atoms with Gasteiger partial charge >= 0.3 is 0 Å². The Balaban J connectivity index is 1.46. The Kier molecular flexibility index (Phi) is 5.70. The molecule has 2 heterocycles. The SMILES string of the molecule is O=C(C=Cc1ccccc1)Nc1nnc(NCCc2cccs2)s1. The minimum absolute atomic E-state index is 0.222. The highest BCUT2D eigenvalue weighted by Gasteiger charge is 2.06. The lowest BCUT2D eigenvalue weighted by Gasteiger charge is -1.99. The molecule has 24 heavy (non-hydrogen) atoms. The van der Waals surface area contributed by atoms with Gasteiger partial charge in [-0.05, 0) is 29.5 Å². The van der Waals surface area contributed by atoms with E-state index in [-0.39, 0.29) is 5.91 Å². The first-order valence-corrected chi connectivity index (χ1v) is 9.13. The summed E-state index contributed by atoms with van der Waals surface area (Å²) in [7, 11) is 0. The maximum absolute atomic E-state index is 11.9. The van der Waals surface area contributed by atoms with Crippen LogP contribution in [0.25, 0.3) is 6.08 Å². The summed E-state index contributed by atoms with van der Waals surface area (Å²) in [5, 5.41) is 17.2. The zero-order chi connectivity index (χ0) is 16.6. The van der Waals surface area contributed by atoms with Crippen LogP contribution in [0.15, 0.2) is 53.9 Å². The van der Waals surface area contributed by atoms with Crippen molar-refractivity contribution in [2.45, 2.75) is 6.42 Å². The molecule has 122 valence electrons. The molecule has 0 aliphatic carbocycles. The van der Waals surface area contributed by atoms with Crippen molar-refractivity contribution < 1.29 is 4.79 Å². The van der Waals surface area contributed by atoms with Gasteiger partial charge in [-0.2, -0.15) is 0 Å². The zero-order valence-electron chi connectivity index (χ0n) is 12.8. The normalized spacial score (nSPS) is 10.8. The fourth-order valence-electron chi connectivity index (χ4n) is 1.98. The van der Waals surface area contributed by atoms with Crippen molar-refractivity contribution in [3.8, 4) is 0 Å². The standard InChI is InChI=1S/C17H16N4OS2/c22-15(9-8-13-5-2-1-3-6-13)19-17-21-20-16(24-17)18-11-10-14-7-4-12-23-14/h1-9,12H,10-11H2,(H,18,20)(H,19,21,22). The molecule has 3 rings (SSSR count). The van der Waals surface area contributed by atoms with Gasteiger partial charge in [-0.3, -0.25) is 10.1 Å². The van der Waals surface area contributed by atoms with Gasteiger partial charge in [0.2, 0.25) is 16.2 Å². The molecule has 0 saturated heterocycles. The Labute approximate surface area is 148 Å². The molecule has 0 spiro atoms. The van der Waals surface area contributed by atoms with Crippen LogP contribution in [0.3, 0.4) is 0 Å². The van der Waals surface area contributed by atoms with Crippen molar-refractivity contribution in [1.82, 2.24) is 10.2 Å². The van der Waals surface area contributed by atoms with E-state index in [0.29, 0.717) is 10.3 Å². The lowest BCUT2D eigenvalue weighted by atomic mass is 10.2. The van der Waals surface area contributed by atoms with E-state index < -0.39 is 0 Å². The molecule has 5 nitrogen and oxygen atoms in total. The third kappa shape index (κ3) is 5.00. The van der Waals surface area contributed by atoms with E-state index in [1.165, 1.54) is 22.3 Å². The molecule has 0 bridgehead atoms. The zero-order valence-corrected chi connectivity index (χ0v) is 14.4. The summed E-state index contributed by atoms with van der Waals surface area (Å²) in [5.74, 6) is -0.222. The molecular weight excluding hydrogens is 340 g/mol. The molecule has 2 aromatic heterocycles. The van der Waals surface area contributed by atoms with Gasteiger partial charge in [-0.1, -0.05) is 47.7 Å². The van der Waals surface area contributed by atoms with Crippen molar-refractivity contribution in [2.24, 2.45) is 0 Å². The summed E-state index contributed by atoms with van der Waals surface area (Å²) in [6.07, 6.45) is 4.19. The average Bonchev–Trinajstić information content (AvgIpc) is 3.26. The Morgan fingerprint density at radius 3 is 2.71 bits per heavy atom. The summed E-state index contributed by atoms with van der Waals surface area (Å²) in [6.45, 7) is 0.789. The van der Waals surface area contributed by atoms with Crippen molar-refractivity contribution in [2.75, 3.05) is 17.2 Å². The van der Waals surface area contributed by atoms with E-state index >= 15 is 0 Å². The molecule has 0 aliphatic rings. The van der Waals surface area contributed by atoms with Crippen molar-refractivity contribution >= 4 is 44.9 Å². The van der Waals surface area contributed by atoms with Crippen LogP contribution in [-0.4, -0.2) is 22.6 Å². The average molecular weight is 356 g/mol. The second kappa shape index (κ2) is 8.37. The van der Waals surface area contributed by atoms with Crippen LogP contribution in [0.5, 0.6) is 0 Å². The first kappa shape index (κ1) is 16.4. The number of anilines is 2. The number of rotatable bonds is 7. The van der Waals surface area contributed by atoms with Gasteiger partial charge in [-0.25, -0.2) is 0 Å². The number of nitrogens with one attached hydrogen (secondary N) is 2. The molecule has 0 fully saturated rings. The Hall–Kier alpha value is -2.51. The molecule has 3 aromatic rings. The van der Waals surface area contributed by atoms with Crippen LogP contribution in [0, 0.1) is 0 Å². The number of hydrogen-bond acceptors (Lipinski definition) is 6. The topological polar surface area (TPSA) is 66.9 Å². The van der Waals surface area contributed by atoms with E-state index in [1.54, 1.807) is 17.4 Å². The van der Waals surface area contributed by atoms with Crippen LogP contribution in [0.2, 0.25) is 0 Å². The molecule has 1 aromatic carbocycles. The Morgan fingerprint density at radius 1 is 1.08 bits per heavy atom. The number of nitrogens with zero attached hydrogens (tertiary/aromatic N) is 2. The van der Waals surface area contributed by atoms with Gasteiger partial charge in [0.25, 0.3) is 0 Å². The summed E-state index contributed by atoms with van der Waals surface area (Å²) in [4.78, 5) is 13.2. The van der Waals surface area contributed by atoms with Gasteiger partial charge in [0.15, 0.2) is 0 Å². The molecule has 2 N–H and O–H groups in total. The summed E-state index contributed by atoms with van der Waals surface area (Å²) >= 11 is 3.06. The monoisotopic (exact) mass is 356 g/mol. The van der Waals surface area contributed by atoms with E-state index in [9.17, 15) is 4.79 Å². The predicted octanol–water partition coefficient (Wildman–Crippen LogP) is 3.91. The van der Waals surface area contributed by atoms with E-state index in [4.69, 9.17) is 0 Å². The maximum atomic E-state index is 11.9. The van der Waals surface area contributed by atoms with Crippen LogP contribution >= 0.6 is 22.7 Å². The first-order valence-electron chi connectivity index (χ1n) is 7.43. The van der Waals surface area contributed by atoms with Crippen molar-refractivity contribution in [1.29, 1.82) is 0 Å². The molecule has 0 unspecified atom stereocenters.